The highest BCUT2D eigenvalue weighted by atomic mass is 16.5. The van der Waals surface area contributed by atoms with Crippen molar-refractivity contribution in [2.75, 3.05) is 37.0 Å². The Morgan fingerprint density at radius 1 is 1.03 bits per heavy atom. The Kier molecular flexibility index (Phi) is 6.84. The van der Waals surface area contributed by atoms with Crippen LogP contribution in [0.4, 0.5) is 11.5 Å². The molecule has 1 N–H and O–H groups in total. The second-order valence-electron chi connectivity index (χ2n) is 7.70. The summed E-state index contributed by atoms with van der Waals surface area (Å²) >= 11 is 0. The number of nitrogens with zero attached hydrogens (tertiary/aromatic N) is 3. The second kappa shape index (κ2) is 10.1. The lowest BCUT2D eigenvalue weighted by molar-refractivity contribution is -0.120. The summed E-state index contributed by atoms with van der Waals surface area (Å²) in [6, 6.07) is 17.3. The van der Waals surface area contributed by atoms with Crippen molar-refractivity contribution in [1.29, 1.82) is 0 Å². The summed E-state index contributed by atoms with van der Waals surface area (Å²) in [5.74, 6) is 2.55. The van der Waals surface area contributed by atoms with Crippen molar-refractivity contribution in [2.45, 2.75) is 19.8 Å². The molecule has 1 aliphatic heterocycles. The molecule has 166 valence electrons. The third-order valence-corrected chi connectivity index (χ3v) is 5.66. The first kappa shape index (κ1) is 21.6. The third-order valence-electron chi connectivity index (χ3n) is 5.66. The molecule has 2 heterocycles. The van der Waals surface area contributed by atoms with Gasteiger partial charge in [0.05, 0.1) is 19.4 Å². The molecule has 0 atom stereocenters. The molecule has 4 rings (SSSR count). The minimum absolute atomic E-state index is 0.0132. The van der Waals surface area contributed by atoms with Gasteiger partial charge in [-0.05, 0) is 68.3 Å². The zero-order chi connectivity index (χ0) is 22.3. The molecule has 1 aliphatic rings. The van der Waals surface area contributed by atoms with E-state index in [0.29, 0.717) is 6.61 Å². The van der Waals surface area contributed by atoms with E-state index >= 15 is 0 Å². The largest absolute Gasteiger partial charge is 0.497 e. The van der Waals surface area contributed by atoms with Gasteiger partial charge in [0.1, 0.15) is 23.6 Å². The predicted molar refractivity (Wildman–Crippen MR) is 125 cm³/mol. The monoisotopic (exact) mass is 432 g/mol. The number of carbonyl (C=O) groups is 1. The normalized spacial score (nSPS) is 14.1. The average molecular weight is 433 g/mol. The van der Waals surface area contributed by atoms with Crippen LogP contribution in [0.15, 0.2) is 60.9 Å². The molecule has 7 heteroatoms. The number of amides is 1. The van der Waals surface area contributed by atoms with Crippen LogP contribution in [0.25, 0.3) is 11.3 Å². The number of benzene rings is 2. The number of rotatable bonds is 7. The van der Waals surface area contributed by atoms with E-state index in [1.54, 1.807) is 13.4 Å². The summed E-state index contributed by atoms with van der Waals surface area (Å²) in [5.41, 5.74) is 2.67. The first-order valence-corrected chi connectivity index (χ1v) is 10.9. The molecule has 3 aromatic rings. The van der Waals surface area contributed by atoms with Crippen LogP contribution in [-0.4, -0.2) is 42.7 Å². The molecule has 1 aromatic heterocycles. The fourth-order valence-electron chi connectivity index (χ4n) is 3.86. The van der Waals surface area contributed by atoms with Crippen LogP contribution in [0.1, 0.15) is 19.8 Å². The molecule has 0 saturated carbocycles. The lowest BCUT2D eigenvalue weighted by atomic mass is 9.95. The van der Waals surface area contributed by atoms with Crippen molar-refractivity contribution >= 4 is 17.4 Å². The van der Waals surface area contributed by atoms with Gasteiger partial charge in [0.25, 0.3) is 0 Å². The number of aromatic nitrogens is 2. The number of hydrogen-bond donors (Lipinski definition) is 1. The van der Waals surface area contributed by atoms with Crippen LogP contribution in [0, 0.1) is 5.92 Å². The molecule has 0 spiro atoms. The summed E-state index contributed by atoms with van der Waals surface area (Å²) in [6.45, 7) is 4.13. The maximum absolute atomic E-state index is 12.7. The number of anilines is 2. The molecule has 1 fully saturated rings. The summed E-state index contributed by atoms with van der Waals surface area (Å²) in [4.78, 5) is 23.8. The number of hydrogen-bond acceptors (Lipinski definition) is 6. The van der Waals surface area contributed by atoms with Gasteiger partial charge < -0.3 is 19.7 Å². The Labute approximate surface area is 188 Å². The molecule has 2 aromatic carbocycles. The Morgan fingerprint density at radius 2 is 1.72 bits per heavy atom. The van der Waals surface area contributed by atoms with Gasteiger partial charge in [-0.3, -0.25) is 4.79 Å². The molecule has 0 aliphatic carbocycles. The van der Waals surface area contributed by atoms with Gasteiger partial charge >= 0.3 is 0 Å². The fourth-order valence-corrected chi connectivity index (χ4v) is 3.86. The van der Waals surface area contributed by atoms with E-state index in [9.17, 15) is 4.79 Å². The molecule has 0 bridgehead atoms. The zero-order valence-electron chi connectivity index (χ0n) is 18.5. The Bertz CT molecular complexity index is 1030. The number of carbonyl (C=O) groups excluding carboxylic acids is 1. The highest BCUT2D eigenvalue weighted by molar-refractivity contribution is 5.92. The SMILES string of the molecule is CCOc1ccc(NC(=O)C2CCN(c3cc(-c4ccc(OC)cc4)ncn3)CC2)cc1. The highest BCUT2D eigenvalue weighted by Gasteiger charge is 2.26. The van der Waals surface area contributed by atoms with Gasteiger partial charge in [-0.2, -0.15) is 0 Å². The topological polar surface area (TPSA) is 76.6 Å². The summed E-state index contributed by atoms with van der Waals surface area (Å²) in [6.07, 6.45) is 3.16. The van der Waals surface area contributed by atoms with Gasteiger partial charge in [0.2, 0.25) is 5.91 Å². The van der Waals surface area contributed by atoms with E-state index < -0.39 is 0 Å². The van der Waals surface area contributed by atoms with Crippen molar-refractivity contribution in [3.8, 4) is 22.8 Å². The lowest BCUT2D eigenvalue weighted by Crippen LogP contribution is -2.38. The standard InChI is InChI=1S/C25H28N4O3/c1-3-32-22-10-6-20(7-11-22)28-25(30)19-12-14-29(15-13-19)24-16-23(26-17-27-24)18-4-8-21(31-2)9-5-18/h4-11,16-17,19H,3,12-15H2,1-2H3,(H,28,30). The van der Waals surface area contributed by atoms with E-state index in [1.165, 1.54) is 0 Å². The summed E-state index contributed by atoms with van der Waals surface area (Å²) < 4.78 is 10.7. The smallest absolute Gasteiger partial charge is 0.227 e. The van der Waals surface area contributed by atoms with Gasteiger partial charge in [-0.15, -0.1) is 0 Å². The molecule has 0 unspecified atom stereocenters. The molecular weight excluding hydrogens is 404 g/mol. The van der Waals surface area contributed by atoms with E-state index in [1.807, 2.05) is 61.5 Å². The molecular formula is C25H28N4O3. The number of nitrogens with one attached hydrogen (secondary N) is 1. The maximum atomic E-state index is 12.7. The first-order valence-electron chi connectivity index (χ1n) is 10.9. The number of ether oxygens (including phenoxy) is 2. The minimum atomic E-state index is -0.0132. The number of methoxy groups -OCH3 is 1. The quantitative estimate of drug-likeness (QED) is 0.596. The highest BCUT2D eigenvalue weighted by Crippen LogP contribution is 2.27. The van der Waals surface area contributed by atoms with Crippen LogP contribution in [0.2, 0.25) is 0 Å². The van der Waals surface area contributed by atoms with E-state index in [4.69, 9.17) is 9.47 Å². The fraction of sp³-hybridized carbons (Fsp3) is 0.320. The second-order valence-corrected chi connectivity index (χ2v) is 7.70. The summed E-state index contributed by atoms with van der Waals surface area (Å²) in [7, 11) is 1.65. The predicted octanol–water partition coefficient (Wildman–Crippen LogP) is 4.41. The van der Waals surface area contributed by atoms with Crippen molar-refractivity contribution in [2.24, 2.45) is 5.92 Å². The number of piperidine rings is 1. The van der Waals surface area contributed by atoms with E-state index in [-0.39, 0.29) is 11.8 Å². The van der Waals surface area contributed by atoms with E-state index in [2.05, 4.69) is 20.2 Å². The van der Waals surface area contributed by atoms with Crippen molar-refractivity contribution in [3.05, 3.63) is 60.9 Å². The average Bonchev–Trinajstić information content (AvgIpc) is 2.85. The van der Waals surface area contributed by atoms with Crippen molar-refractivity contribution in [3.63, 3.8) is 0 Å². The van der Waals surface area contributed by atoms with Crippen LogP contribution >= 0.6 is 0 Å². The molecule has 32 heavy (non-hydrogen) atoms. The van der Waals surface area contributed by atoms with Crippen LogP contribution in [0.3, 0.4) is 0 Å². The zero-order valence-corrected chi connectivity index (χ0v) is 18.5. The van der Waals surface area contributed by atoms with Crippen molar-refractivity contribution in [1.82, 2.24) is 9.97 Å². The van der Waals surface area contributed by atoms with Gasteiger partial charge in [0.15, 0.2) is 0 Å². The lowest BCUT2D eigenvalue weighted by Gasteiger charge is -2.32. The third kappa shape index (κ3) is 5.17. The molecule has 1 saturated heterocycles. The Balaban J connectivity index is 1.34. The first-order chi connectivity index (χ1) is 15.7. The van der Waals surface area contributed by atoms with Gasteiger partial charge in [-0.25, -0.2) is 9.97 Å². The molecule has 0 radical (unpaired) electrons. The maximum Gasteiger partial charge on any atom is 0.227 e. The van der Waals surface area contributed by atoms with Crippen molar-refractivity contribution < 1.29 is 14.3 Å². The van der Waals surface area contributed by atoms with Gasteiger partial charge in [0, 0.05) is 36.3 Å². The van der Waals surface area contributed by atoms with E-state index in [0.717, 1.165) is 60.2 Å². The molecule has 7 nitrogen and oxygen atoms in total. The summed E-state index contributed by atoms with van der Waals surface area (Å²) in [5, 5.41) is 3.03. The molecule has 1 amide bonds. The van der Waals surface area contributed by atoms with Crippen LogP contribution in [-0.2, 0) is 4.79 Å². The Hall–Kier alpha value is -3.61. The van der Waals surface area contributed by atoms with Crippen LogP contribution < -0.4 is 19.7 Å². The Morgan fingerprint density at radius 3 is 2.38 bits per heavy atom. The minimum Gasteiger partial charge on any atom is -0.497 e. The van der Waals surface area contributed by atoms with Gasteiger partial charge in [-0.1, -0.05) is 0 Å². The van der Waals surface area contributed by atoms with Crippen LogP contribution in [0.5, 0.6) is 11.5 Å².